The van der Waals surface area contributed by atoms with Crippen molar-refractivity contribution in [1.29, 1.82) is 0 Å². The van der Waals surface area contributed by atoms with E-state index >= 15 is 0 Å². The van der Waals surface area contributed by atoms with Crippen molar-refractivity contribution in [3.05, 3.63) is 320 Å². The van der Waals surface area contributed by atoms with E-state index in [2.05, 4.69) is 58.4 Å². The van der Waals surface area contributed by atoms with Crippen molar-refractivity contribution < 1.29 is 40.8 Å². The third-order valence-electron chi connectivity index (χ3n) is 16.6. The highest BCUT2D eigenvalue weighted by Gasteiger charge is 2.20. The summed E-state index contributed by atoms with van der Waals surface area (Å²) in [5, 5.41) is 27.5. The third-order valence-corrected chi connectivity index (χ3v) is 17.4. The van der Waals surface area contributed by atoms with Crippen LogP contribution in [0.3, 0.4) is 0 Å². The molecule has 0 atom stereocenters. The quantitative estimate of drug-likeness (QED) is 0.129. The fourth-order valence-corrected chi connectivity index (χ4v) is 13.0. The van der Waals surface area contributed by atoms with Crippen LogP contribution in [0.2, 0.25) is 0 Å². The highest BCUT2D eigenvalue weighted by molar-refractivity contribution is 9.10. The van der Waals surface area contributed by atoms with Gasteiger partial charge in [-0.15, -0.1) is 0 Å². The maximum Gasteiger partial charge on any atom is 0.488 e. The minimum atomic E-state index is -1.42. The lowest BCUT2D eigenvalue weighted by molar-refractivity contribution is 0.426. The normalized spacial score (nSPS) is 14.0. The lowest BCUT2D eigenvalue weighted by Crippen LogP contribution is -2.29. The smallest absolute Gasteiger partial charge is 0.456 e. The molecular weight excluding hydrogens is 1160 g/mol. The lowest BCUT2D eigenvalue weighted by atomic mass is 9.79. The molecule has 0 aliphatic carbocycles. The van der Waals surface area contributed by atoms with E-state index in [0.717, 1.165) is 54.6 Å². The summed E-state index contributed by atoms with van der Waals surface area (Å²) in [5.74, 6) is 0. The predicted molar refractivity (Wildman–Crippen MR) is 384 cm³/mol. The Labute approximate surface area is 550 Å². The summed E-state index contributed by atoms with van der Waals surface area (Å²) < 4.78 is 152. The maximum absolute atomic E-state index is 9.26. The van der Waals surface area contributed by atoms with Gasteiger partial charge in [0.05, 0.1) is 21.9 Å². The number of hydrogen-bond donors (Lipinski definition) is 2. The second-order valence-corrected chi connectivity index (χ2v) is 22.5. The van der Waals surface area contributed by atoms with Gasteiger partial charge in [-0.1, -0.05) is 279 Å². The van der Waals surface area contributed by atoms with Crippen LogP contribution in [-0.2, 0) is 0 Å². The molecule has 0 saturated carbocycles. The van der Waals surface area contributed by atoms with Gasteiger partial charge in [0, 0.05) is 26.0 Å². The first-order valence-electron chi connectivity index (χ1n) is 37.0. The van der Waals surface area contributed by atoms with Crippen molar-refractivity contribution >= 4 is 137 Å². The van der Waals surface area contributed by atoms with Crippen LogP contribution >= 0.6 is 15.9 Å². The van der Waals surface area contributed by atoms with E-state index in [-0.39, 0.29) is 95.9 Å². The van der Waals surface area contributed by atoms with Crippen molar-refractivity contribution in [1.82, 2.24) is 0 Å². The predicted octanol–water partition coefficient (Wildman–Crippen LogP) is 22.6. The topological polar surface area (TPSA) is 66.7 Å². The molecule has 18 aromatic rings. The summed E-state index contributed by atoms with van der Waals surface area (Å²) in [5.41, 5.74) is 9.91. The van der Waals surface area contributed by atoms with Crippen LogP contribution in [0.4, 0.5) is 0 Å². The van der Waals surface area contributed by atoms with E-state index in [9.17, 15) is 5.48 Å². The summed E-state index contributed by atoms with van der Waals surface area (Å²) in [6, 6.07) is 63.8. The molecule has 2 N–H and O–H groups in total. The first kappa shape index (κ1) is 39.8. The summed E-state index contributed by atoms with van der Waals surface area (Å²) in [6.07, 6.45) is 0. The molecular formula is C84H54BBrO4. The molecule has 0 bridgehead atoms. The third kappa shape index (κ3) is 9.66. The zero-order valence-electron chi connectivity index (χ0n) is 63.5. The maximum atomic E-state index is 9.26. The highest BCUT2D eigenvalue weighted by atomic mass is 79.9. The van der Waals surface area contributed by atoms with Gasteiger partial charge in [-0.05, 0) is 178 Å². The van der Waals surface area contributed by atoms with Gasteiger partial charge in [-0.2, -0.15) is 0 Å². The molecule has 0 fully saturated rings. The number of rotatable bonds is 6. The lowest BCUT2D eigenvalue weighted by Gasteiger charge is -2.18. The average Bonchev–Trinajstić information content (AvgIpc) is 0.742. The number of fused-ring (bicyclic) bond motifs is 12. The largest absolute Gasteiger partial charge is 0.488 e. The standard InChI is InChI=1S/C42H26O.C26H15BrO.C16H13BO2/c1-2-12-31-27(10-1)11-9-18-32(31)28-20-22-29(23-21-28)41-34-14-3-5-16-36(34)42(37-17-6-4-15-35(37)41)30-24-25-40-38(26-30)33-13-7-8-19-39(33)43-40;27-26-20-10-3-1-8-18(20)25(19-9-2-4-11-21(19)26)16-13-14-24-22(15-16)17-7-5-6-12-23(17)28-24;18-17(19)14-10-8-13(9-11-14)16-7-3-5-12-4-1-2-6-15(12)16/h1-26H;1-15H;1-11,18-19H/i3D,4D,5D,6D,14D,15D,16D,17D;1D,2D,3D,4D,8D,9D,10D,11D;. The molecule has 2 aromatic heterocycles. The van der Waals surface area contributed by atoms with Gasteiger partial charge in [-0.25, -0.2) is 0 Å². The van der Waals surface area contributed by atoms with E-state index < -0.39 is 55.5 Å². The fraction of sp³-hybridized carbons (Fsp3) is 0. The Bertz CT molecular complexity index is 6610. The highest BCUT2D eigenvalue weighted by Crippen LogP contribution is 2.47. The zero-order chi connectivity index (χ0) is 74.2. The molecule has 18 rings (SSSR count). The van der Waals surface area contributed by atoms with E-state index in [1.54, 1.807) is 36.4 Å². The minimum Gasteiger partial charge on any atom is -0.456 e. The van der Waals surface area contributed by atoms with Crippen LogP contribution in [0.15, 0.2) is 328 Å². The zero-order valence-corrected chi connectivity index (χ0v) is 49.0. The Balaban J connectivity index is 0.000000135. The SMILES string of the molecule is OB(O)c1ccc(-c2cccc3ccccc23)cc1.[2H]c1c([2H])c([2H])c2c(-c3ccc4oc5ccccc5c4c3)c3c([2H])c([2H])c([2H])c([2H])c3c(-c3ccc(-c4cccc5ccccc45)cc3)c2c1[2H].[2H]c1c([2H])c([2H])c2c(-c3ccc4oc5ccccc5c4c3)c3c([2H])c([2H])c([2H])c([2H])c3c(Br)c2c1[2H]. The van der Waals surface area contributed by atoms with E-state index in [1.807, 2.05) is 140 Å². The van der Waals surface area contributed by atoms with Gasteiger partial charge in [0.1, 0.15) is 22.3 Å². The van der Waals surface area contributed by atoms with Crippen LogP contribution in [0, 0.1) is 0 Å². The summed E-state index contributed by atoms with van der Waals surface area (Å²) >= 11 is 3.43. The molecule has 16 aromatic carbocycles. The first-order chi connectivity index (χ1) is 51.0. The number of benzene rings is 16. The van der Waals surface area contributed by atoms with Gasteiger partial charge in [-0.3, -0.25) is 0 Å². The number of furan rings is 2. The van der Waals surface area contributed by atoms with Crippen molar-refractivity contribution in [3.8, 4) is 55.6 Å². The Kier molecular flexibility index (Phi) is 10.2. The van der Waals surface area contributed by atoms with Gasteiger partial charge >= 0.3 is 7.12 Å². The van der Waals surface area contributed by atoms with E-state index in [0.29, 0.717) is 61.2 Å². The average molecular weight is 1230 g/mol. The molecule has 6 heteroatoms. The van der Waals surface area contributed by atoms with Crippen molar-refractivity contribution in [2.45, 2.75) is 0 Å². The van der Waals surface area contributed by atoms with E-state index in [4.69, 9.17) is 35.3 Å². The second-order valence-electron chi connectivity index (χ2n) is 21.7. The molecule has 0 aliphatic heterocycles. The van der Waals surface area contributed by atoms with Crippen LogP contribution < -0.4 is 5.46 Å². The van der Waals surface area contributed by atoms with Crippen LogP contribution in [0.25, 0.3) is 164 Å². The summed E-state index contributed by atoms with van der Waals surface area (Å²) in [7, 11) is -1.42. The first-order valence-corrected chi connectivity index (χ1v) is 29.8. The Morgan fingerprint density at radius 2 is 0.589 bits per heavy atom. The van der Waals surface area contributed by atoms with Gasteiger partial charge in [0.15, 0.2) is 0 Å². The van der Waals surface area contributed by atoms with Gasteiger partial charge in [0.25, 0.3) is 0 Å². The monoisotopic (exact) mass is 1230 g/mol. The second kappa shape index (κ2) is 23.0. The number of para-hydroxylation sites is 2. The minimum absolute atomic E-state index is 0.158. The van der Waals surface area contributed by atoms with Gasteiger partial charge < -0.3 is 18.9 Å². The van der Waals surface area contributed by atoms with Crippen LogP contribution in [-0.4, -0.2) is 17.2 Å². The van der Waals surface area contributed by atoms with Gasteiger partial charge in [0.2, 0.25) is 0 Å². The Morgan fingerprint density at radius 1 is 0.278 bits per heavy atom. The molecule has 90 heavy (non-hydrogen) atoms. The molecule has 0 saturated heterocycles. The molecule has 0 aliphatic rings. The molecule has 0 radical (unpaired) electrons. The molecule has 0 unspecified atom stereocenters. The number of halogens is 1. The van der Waals surface area contributed by atoms with Crippen molar-refractivity contribution in [3.63, 3.8) is 0 Å². The Hall–Kier alpha value is -10.9. The summed E-state index contributed by atoms with van der Waals surface area (Å²) in [6.45, 7) is 0. The number of hydrogen-bond acceptors (Lipinski definition) is 4. The molecule has 0 amide bonds. The fourth-order valence-electron chi connectivity index (χ4n) is 12.4. The Morgan fingerprint density at radius 3 is 1.01 bits per heavy atom. The van der Waals surface area contributed by atoms with Crippen LogP contribution in [0.5, 0.6) is 0 Å². The summed E-state index contributed by atoms with van der Waals surface area (Å²) in [4.78, 5) is 0. The van der Waals surface area contributed by atoms with Crippen molar-refractivity contribution in [2.24, 2.45) is 0 Å². The molecule has 424 valence electrons. The molecule has 4 nitrogen and oxygen atoms in total. The van der Waals surface area contributed by atoms with Crippen LogP contribution in [0.1, 0.15) is 21.9 Å². The van der Waals surface area contributed by atoms with E-state index in [1.165, 1.54) is 10.8 Å². The molecule has 0 spiro atoms. The van der Waals surface area contributed by atoms with Crippen molar-refractivity contribution in [2.75, 3.05) is 0 Å². The molecule has 2 heterocycles.